The molecule has 0 unspecified atom stereocenters. The van der Waals surface area contributed by atoms with Gasteiger partial charge >= 0.3 is 5.97 Å². The van der Waals surface area contributed by atoms with Gasteiger partial charge in [0.25, 0.3) is 0 Å². The lowest BCUT2D eigenvalue weighted by Gasteiger charge is -2.25. The van der Waals surface area contributed by atoms with Crippen LogP contribution in [0.15, 0.2) is 48.5 Å². The molecule has 3 heteroatoms. The quantitative estimate of drug-likeness (QED) is 0.905. The number of rotatable bonds is 4. The van der Waals surface area contributed by atoms with Gasteiger partial charge < -0.3 is 10.4 Å². The van der Waals surface area contributed by atoms with Gasteiger partial charge in [-0.25, -0.2) is 4.79 Å². The van der Waals surface area contributed by atoms with Crippen molar-refractivity contribution in [2.24, 2.45) is 0 Å². The van der Waals surface area contributed by atoms with Gasteiger partial charge in [-0.2, -0.15) is 0 Å². The molecule has 1 aliphatic rings. The van der Waals surface area contributed by atoms with Crippen molar-refractivity contribution in [2.75, 3.05) is 0 Å². The molecule has 3 rings (SSSR count). The molecule has 2 aromatic rings. The molecule has 2 N–H and O–H groups in total. The van der Waals surface area contributed by atoms with E-state index in [1.54, 1.807) is 12.1 Å². The minimum Gasteiger partial charge on any atom is -0.478 e. The zero-order chi connectivity index (χ0) is 14.9. The van der Waals surface area contributed by atoms with Crippen molar-refractivity contribution < 1.29 is 9.90 Å². The normalized spacial score (nSPS) is 15.7. The summed E-state index contributed by atoms with van der Waals surface area (Å²) in [6.45, 7) is 3.00. The summed E-state index contributed by atoms with van der Waals surface area (Å²) in [4.78, 5) is 10.8. The highest BCUT2D eigenvalue weighted by Gasteiger charge is 2.31. The maximum Gasteiger partial charge on any atom is 0.335 e. The topological polar surface area (TPSA) is 49.3 Å². The van der Waals surface area contributed by atoms with Crippen molar-refractivity contribution in [2.45, 2.75) is 31.8 Å². The first-order chi connectivity index (χ1) is 10.1. The van der Waals surface area contributed by atoms with Gasteiger partial charge in [0.05, 0.1) is 5.56 Å². The summed E-state index contributed by atoms with van der Waals surface area (Å²) < 4.78 is 0. The standard InChI is InChI=1S/C18H19NO2/c1-18(10-15-4-2-3-5-16(15)11-18)19-12-13-6-8-14(9-7-13)17(20)21/h2-9,19H,10-12H2,1H3,(H,20,21). The van der Waals surface area contributed by atoms with E-state index in [2.05, 4.69) is 36.5 Å². The maximum absolute atomic E-state index is 10.8. The van der Waals surface area contributed by atoms with E-state index in [1.807, 2.05) is 12.1 Å². The predicted octanol–water partition coefficient (Wildman–Crippen LogP) is 3.03. The Morgan fingerprint density at radius 1 is 1.10 bits per heavy atom. The Balaban J connectivity index is 1.64. The minimum atomic E-state index is -0.882. The lowest BCUT2D eigenvalue weighted by molar-refractivity contribution is 0.0697. The summed E-state index contributed by atoms with van der Waals surface area (Å²) in [5.74, 6) is -0.882. The fourth-order valence-electron chi connectivity index (χ4n) is 3.01. The molecule has 0 atom stereocenters. The van der Waals surface area contributed by atoms with Gasteiger partial charge in [-0.15, -0.1) is 0 Å². The van der Waals surface area contributed by atoms with Crippen LogP contribution in [0.1, 0.15) is 34.0 Å². The number of nitrogens with one attached hydrogen (secondary N) is 1. The second-order valence-electron chi connectivity index (χ2n) is 6.04. The van der Waals surface area contributed by atoms with Crippen molar-refractivity contribution in [3.63, 3.8) is 0 Å². The molecule has 0 fully saturated rings. The number of benzene rings is 2. The number of aromatic carboxylic acids is 1. The summed E-state index contributed by atoms with van der Waals surface area (Å²) in [6, 6.07) is 15.7. The molecule has 0 saturated carbocycles. The second-order valence-corrected chi connectivity index (χ2v) is 6.04. The first-order valence-corrected chi connectivity index (χ1v) is 7.20. The number of hydrogen-bond donors (Lipinski definition) is 2. The third-order valence-corrected chi connectivity index (χ3v) is 4.20. The molecule has 0 saturated heterocycles. The van der Waals surface area contributed by atoms with Crippen molar-refractivity contribution in [1.29, 1.82) is 0 Å². The van der Waals surface area contributed by atoms with Crippen molar-refractivity contribution in [1.82, 2.24) is 5.32 Å². The van der Waals surface area contributed by atoms with Crippen molar-refractivity contribution >= 4 is 5.97 Å². The fourth-order valence-corrected chi connectivity index (χ4v) is 3.01. The fraction of sp³-hybridized carbons (Fsp3) is 0.278. The van der Waals surface area contributed by atoms with Crippen molar-refractivity contribution in [3.8, 4) is 0 Å². The molecule has 2 aromatic carbocycles. The smallest absolute Gasteiger partial charge is 0.335 e. The van der Waals surface area contributed by atoms with E-state index < -0.39 is 5.97 Å². The predicted molar refractivity (Wildman–Crippen MR) is 82.5 cm³/mol. The Bertz CT molecular complexity index is 636. The lowest BCUT2D eigenvalue weighted by Crippen LogP contribution is -2.42. The zero-order valence-corrected chi connectivity index (χ0v) is 12.1. The molecule has 0 amide bonds. The molecule has 0 heterocycles. The number of hydrogen-bond acceptors (Lipinski definition) is 2. The molecule has 108 valence electrons. The van der Waals surface area contributed by atoms with Crippen molar-refractivity contribution in [3.05, 3.63) is 70.8 Å². The van der Waals surface area contributed by atoms with E-state index in [-0.39, 0.29) is 5.54 Å². The monoisotopic (exact) mass is 281 g/mol. The van der Waals surface area contributed by atoms with Crippen LogP contribution in [0.5, 0.6) is 0 Å². The molecular weight excluding hydrogens is 262 g/mol. The maximum atomic E-state index is 10.8. The summed E-state index contributed by atoms with van der Waals surface area (Å²) in [5, 5.41) is 12.5. The number of carboxylic acid groups (broad SMARTS) is 1. The Labute approximate surface area is 124 Å². The second kappa shape index (κ2) is 5.34. The highest BCUT2D eigenvalue weighted by atomic mass is 16.4. The van der Waals surface area contributed by atoms with Crippen LogP contribution >= 0.6 is 0 Å². The van der Waals surface area contributed by atoms with Crippen LogP contribution in [0.4, 0.5) is 0 Å². The molecule has 0 spiro atoms. The van der Waals surface area contributed by atoms with Crippen LogP contribution in [-0.2, 0) is 19.4 Å². The summed E-state index contributed by atoms with van der Waals surface area (Å²) in [6.07, 6.45) is 2.08. The molecule has 21 heavy (non-hydrogen) atoms. The van der Waals surface area contributed by atoms with E-state index in [1.165, 1.54) is 11.1 Å². The van der Waals surface area contributed by atoms with E-state index in [4.69, 9.17) is 5.11 Å². The number of carbonyl (C=O) groups is 1. The SMILES string of the molecule is CC1(NCc2ccc(C(=O)O)cc2)Cc2ccccc2C1. The Morgan fingerprint density at radius 2 is 1.67 bits per heavy atom. The largest absolute Gasteiger partial charge is 0.478 e. The third-order valence-electron chi connectivity index (χ3n) is 4.20. The molecule has 0 aromatic heterocycles. The number of carboxylic acids is 1. The van der Waals surface area contributed by atoms with Crippen LogP contribution in [0.25, 0.3) is 0 Å². The van der Waals surface area contributed by atoms with E-state index in [0.717, 1.165) is 24.9 Å². The van der Waals surface area contributed by atoms with Crippen LogP contribution in [0.3, 0.4) is 0 Å². The van der Waals surface area contributed by atoms with Crippen LogP contribution in [0, 0.1) is 0 Å². The molecule has 3 nitrogen and oxygen atoms in total. The van der Waals surface area contributed by atoms with Gasteiger partial charge in [0, 0.05) is 12.1 Å². The lowest BCUT2D eigenvalue weighted by atomic mass is 9.98. The zero-order valence-electron chi connectivity index (χ0n) is 12.1. The van der Waals surface area contributed by atoms with Gasteiger partial charge in [0.15, 0.2) is 0 Å². The number of fused-ring (bicyclic) bond motifs is 1. The molecule has 0 bridgehead atoms. The third kappa shape index (κ3) is 2.98. The summed E-state index contributed by atoms with van der Waals surface area (Å²) in [7, 11) is 0. The molecular formula is C18H19NO2. The molecule has 0 aliphatic heterocycles. The summed E-state index contributed by atoms with van der Waals surface area (Å²) >= 11 is 0. The van der Waals surface area contributed by atoms with E-state index in [0.29, 0.717) is 5.56 Å². The Hall–Kier alpha value is -2.13. The highest BCUT2D eigenvalue weighted by Crippen LogP contribution is 2.29. The Kier molecular flexibility index (Phi) is 3.52. The first-order valence-electron chi connectivity index (χ1n) is 7.20. The van der Waals surface area contributed by atoms with Gasteiger partial charge in [-0.05, 0) is 48.6 Å². The van der Waals surface area contributed by atoms with Crippen LogP contribution in [-0.4, -0.2) is 16.6 Å². The Morgan fingerprint density at radius 3 is 2.19 bits per heavy atom. The first kappa shape index (κ1) is 13.8. The van der Waals surface area contributed by atoms with Gasteiger partial charge in [0.2, 0.25) is 0 Å². The highest BCUT2D eigenvalue weighted by molar-refractivity contribution is 5.87. The van der Waals surface area contributed by atoms with Gasteiger partial charge in [-0.1, -0.05) is 36.4 Å². The molecule has 1 aliphatic carbocycles. The average molecular weight is 281 g/mol. The summed E-state index contributed by atoms with van der Waals surface area (Å²) in [5.41, 5.74) is 4.37. The van der Waals surface area contributed by atoms with Gasteiger partial charge in [0.1, 0.15) is 0 Å². The van der Waals surface area contributed by atoms with Gasteiger partial charge in [-0.3, -0.25) is 0 Å². The minimum absolute atomic E-state index is 0.0785. The van der Waals surface area contributed by atoms with Crippen LogP contribution < -0.4 is 5.32 Å². The average Bonchev–Trinajstić information content (AvgIpc) is 2.82. The van der Waals surface area contributed by atoms with Crippen LogP contribution in [0.2, 0.25) is 0 Å². The van der Waals surface area contributed by atoms with E-state index in [9.17, 15) is 4.79 Å². The molecule has 0 radical (unpaired) electrons. The van der Waals surface area contributed by atoms with E-state index >= 15 is 0 Å².